The molecular weight excluding hydrogens is 332 g/mol. The Hall–Kier alpha value is -2.20. The molecule has 0 unspecified atom stereocenters. The van der Waals surface area contributed by atoms with Crippen LogP contribution in [0.25, 0.3) is 6.08 Å². The molecule has 2 rings (SSSR count). The summed E-state index contributed by atoms with van der Waals surface area (Å²) in [5, 5.41) is 0. The van der Waals surface area contributed by atoms with Gasteiger partial charge in [-0.05, 0) is 17.7 Å². The molecule has 0 fully saturated rings. The summed E-state index contributed by atoms with van der Waals surface area (Å²) in [6.07, 6.45) is 2.95. The minimum Gasteiger partial charge on any atom is -0.454 e. The first-order valence-electron chi connectivity index (χ1n) is 6.34. The van der Waals surface area contributed by atoms with Crippen LogP contribution in [0.2, 0.25) is 0 Å². The van der Waals surface area contributed by atoms with Gasteiger partial charge in [-0.15, -0.1) is 0 Å². The van der Waals surface area contributed by atoms with E-state index in [9.17, 15) is 9.59 Å². The van der Waals surface area contributed by atoms with Gasteiger partial charge in [-0.2, -0.15) is 0 Å². The predicted octanol–water partition coefficient (Wildman–Crippen LogP) is 3.89. The third kappa shape index (κ3) is 4.68. The lowest BCUT2D eigenvalue weighted by molar-refractivity contribution is -0.136. The smallest absolute Gasteiger partial charge is 0.331 e. The summed E-state index contributed by atoms with van der Waals surface area (Å²) in [5.41, 5.74) is 1.39. The zero-order chi connectivity index (χ0) is 15.1. The van der Waals surface area contributed by atoms with Crippen LogP contribution in [0.4, 0.5) is 0 Å². The van der Waals surface area contributed by atoms with Gasteiger partial charge in [-0.1, -0.05) is 64.5 Å². The Morgan fingerprint density at radius 2 is 1.67 bits per heavy atom. The Labute approximate surface area is 131 Å². The Morgan fingerprint density at radius 1 is 1.00 bits per heavy atom. The van der Waals surface area contributed by atoms with Crippen LogP contribution in [0.5, 0.6) is 0 Å². The first kappa shape index (κ1) is 15.2. The topological polar surface area (TPSA) is 43.4 Å². The molecule has 0 saturated carbocycles. The molecule has 2 aromatic carbocycles. The largest absolute Gasteiger partial charge is 0.454 e. The number of ether oxygens (including phenoxy) is 1. The maximum Gasteiger partial charge on any atom is 0.331 e. The molecule has 106 valence electrons. The van der Waals surface area contributed by atoms with E-state index in [0.717, 1.165) is 5.56 Å². The number of benzene rings is 2. The van der Waals surface area contributed by atoms with Gasteiger partial charge < -0.3 is 4.74 Å². The molecule has 2 aromatic rings. The number of hydrogen-bond acceptors (Lipinski definition) is 3. The number of ketones is 1. The fourth-order valence-corrected chi connectivity index (χ4v) is 2.18. The number of hydrogen-bond donors (Lipinski definition) is 0. The third-order valence-corrected chi connectivity index (χ3v) is 3.42. The fourth-order valence-electron chi connectivity index (χ4n) is 1.68. The molecule has 0 aliphatic heterocycles. The van der Waals surface area contributed by atoms with Gasteiger partial charge in [-0.3, -0.25) is 4.79 Å². The van der Waals surface area contributed by atoms with Crippen molar-refractivity contribution in [3.05, 3.63) is 76.3 Å². The van der Waals surface area contributed by atoms with Crippen LogP contribution >= 0.6 is 15.9 Å². The van der Waals surface area contributed by atoms with Crippen molar-refractivity contribution in [3.8, 4) is 0 Å². The van der Waals surface area contributed by atoms with Gasteiger partial charge in [0.1, 0.15) is 0 Å². The van der Waals surface area contributed by atoms with Gasteiger partial charge in [0.05, 0.1) is 0 Å². The van der Waals surface area contributed by atoms with Crippen LogP contribution in [0.3, 0.4) is 0 Å². The molecule has 0 heterocycles. The van der Waals surface area contributed by atoms with Crippen molar-refractivity contribution < 1.29 is 14.3 Å². The molecule has 0 aliphatic carbocycles. The highest BCUT2D eigenvalue weighted by atomic mass is 79.9. The van der Waals surface area contributed by atoms with Crippen LogP contribution in [0.15, 0.2) is 65.1 Å². The van der Waals surface area contributed by atoms with E-state index < -0.39 is 5.97 Å². The minimum absolute atomic E-state index is 0.246. The van der Waals surface area contributed by atoms with Gasteiger partial charge in [0.15, 0.2) is 6.61 Å². The molecule has 0 bridgehead atoms. The van der Waals surface area contributed by atoms with Crippen LogP contribution in [0, 0.1) is 0 Å². The summed E-state index contributed by atoms with van der Waals surface area (Å²) in [4.78, 5) is 23.5. The number of carbonyl (C=O) groups excluding carboxylic acids is 2. The number of Topliss-reactive ketones (excluding diaryl/α,β-unsaturated/α-hetero) is 1. The molecule has 0 aliphatic rings. The fraction of sp³-hybridized carbons (Fsp3) is 0.0588. The van der Waals surface area contributed by atoms with Crippen molar-refractivity contribution in [3.63, 3.8) is 0 Å². The second-order valence-corrected chi connectivity index (χ2v) is 5.11. The normalized spacial score (nSPS) is 10.5. The zero-order valence-corrected chi connectivity index (χ0v) is 12.7. The van der Waals surface area contributed by atoms with Crippen molar-refractivity contribution in [2.45, 2.75) is 0 Å². The van der Waals surface area contributed by atoms with E-state index >= 15 is 0 Å². The highest BCUT2D eigenvalue weighted by Gasteiger charge is 2.11. The zero-order valence-electron chi connectivity index (χ0n) is 11.2. The standard InChI is InChI=1S/C17H13BrO3/c18-15-9-5-4-8-14(15)16(19)12-21-17(20)11-10-13-6-2-1-3-7-13/h1-11H,12H2. The summed E-state index contributed by atoms with van der Waals surface area (Å²) in [7, 11) is 0. The third-order valence-electron chi connectivity index (χ3n) is 2.73. The van der Waals surface area contributed by atoms with Gasteiger partial charge in [0.25, 0.3) is 0 Å². The summed E-state index contributed by atoms with van der Waals surface area (Å²) >= 11 is 3.29. The van der Waals surface area contributed by atoms with E-state index in [-0.39, 0.29) is 12.4 Å². The molecule has 0 N–H and O–H groups in total. The van der Waals surface area contributed by atoms with Gasteiger partial charge >= 0.3 is 5.97 Å². The molecule has 0 spiro atoms. The summed E-state index contributed by atoms with van der Waals surface area (Å²) in [5.74, 6) is -0.789. The minimum atomic E-state index is -0.542. The average Bonchev–Trinajstić information content (AvgIpc) is 2.52. The van der Waals surface area contributed by atoms with Crippen molar-refractivity contribution in [1.82, 2.24) is 0 Å². The molecule has 0 aromatic heterocycles. The number of halogens is 1. The molecule has 0 amide bonds. The molecule has 0 radical (unpaired) electrons. The quantitative estimate of drug-likeness (QED) is 0.469. The number of carbonyl (C=O) groups is 2. The van der Waals surface area contributed by atoms with Crippen LogP contribution in [-0.4, -0.2) is 18.4 Å². The molecule has 0 atom stereocenters. The molecule has 4 heteroatoms. The van der Waals surface area contributed by atoms with E-state index in [0.29, 0.717) is 10.0 Å². The summed E-state index contributed by atoms with van der Waals surface area (Å²) in [6.45, 7) is -0.277. The highest BCUT2D eigenvalue weighted by molar-refractivity contribution is 9.10. The van der Waals surface area contributed by atoms with Crippen molar-refractivity contribution in [2.75, 3.05) is 6.61 Å². The van der Waals surface area contributed by atoms with Gasteiger partial charge in [0.2, 0.25) is 5.78 Å². The van der Waals surface area contributed by atoms with E-state index in [1.165, 1.54) is 6.08 Å². The van der Waals surface area contributed by atoms with Crippen molar-refractivity contribution in [1.29, 1.82) is 0 Å². The molecule has 21 heavy (non-hydrogen) atoms. The lowest BCUT2D eigenvalue weighted by Gasteiger charge is -2.03. The lowest BCUT2D eigenvalue weighted by atomic mass is 10.1. The summed E-state index contributed by atoms with van der Waals surface area (Å²) in [6, 6.07) is 16.4. The van der Waals surface area contributed by atoms with E-state index in [1.54, 1.807) is 24.3 Å². The maximum atomic E-state index is 11.9. The predicted molar refractivity (Wildman–Crippen MR) is 84.9 cm³/mol. The monoisotopic (exact) mass is 344 g/mol. The Morgan fingerprint density at radius 3 is 2.38 bits per heavy atom. The average molecular weight is 345 g/mol. The van der Waals surface area contributed by atoms with Crippen molar-refractivity contribution in [2.24, 2.45) is 0 Å². The lowest BCUT2D eigenvalue weighted by Crippen LogP contribution is -2.12. The maximum absolute atomic E-state index is 11.9. The molecule has 0 saturated heterocycles. The highest BCUT2D eigenvalue weighted by Crippen LogP contribution is 2.16. The first-order chi connectivity index (χ1) is 10.2. The number of esters is 1. The van der Waals surface area contributed by atoms with E-state index in [4.69, 9.17) is 4.74 Å². The van der Waals surface area contributed by atoms with Gasteiger partial charge in [0, 0.05) is 16.1 Å². The molecule has 3 nitrogen and oxygen atoms in total. The second-order valence-electron chi connectivity index (χ2n) is 4.25. The molecular formula is C17H13BrO3. The summed E-state index contributed by atoms with van der Waals surface area (Å²) < 4.78 is 5.62. The van der Waals surface area contributed by atoms with Gasteiger partial charge in [-0.25, -0.2) is 4.79 Å². The van der Waals surface area contributed by atoms with Crippen molar-refractivity contribution >= 4 is 33.8 Å². The van der Waals surface area contributed by atoms with E-state index in [1.807, 2.05) is 36.4 Å². The van der Waals surface area contributed by atoms with Crippen LogP contribution < -0.4 is 0 Å². The second kappa shape index (κ2) is 7.55. The van der Waals surface area contributed by atoms with Crippen LogP contribution in [-0.2, 0) is 9.53 Å². The Balaban J connectivity index is 1.88. The SMILES string of the molecule is O=C(C=Cc1ccccc1)OCC(=O)c1ccccc1Br. The Bertz CT molecular complexity index is 663. The number of rotatable bonds is 5. The van der Waals surface area contributed by atoms with Crippen LogP contribution in [0.1, 0.15) is 15.9 Å². The Kier molecular flexibility index (Phi) is 5.46. The van der Waals surface area contributed by atoms with E-state index in [2.05, 4.69) is 15.9 Å². The first-order valence-corrected chi connectivity index (χ1v) is 7.14.